The molecule has 3 aromatic carbocycles. The number of rotatable bonds is 8. The third-order valence-corrected chi connectivity index (χ3v) is 4.29. The summed E-state index contributed by atoms with van der Waals surface area (Å²) in [6, 6.07) is 23.9. The van der Waals surface area contributed by atoms with Gasteiger partial charge in [-0.3, -0.25) is 4.79 Å². The fourth-order valence-corrected chi connectivity index (χ4v) is 3.06. The normalized spacial score (nSPS) is 10.4. The third kappa shape index (κ3) is 6.16. The summed E-state index contributed by atoms with van der Waals surface area (Å²) in [6.45, 7) is 4.89. The van der Waals surface area contributed by atoms with Crippen LogP contribution in [0.5, 0.6) is 5.75 Å². The van der Waals surface area contributed by atoms with Crippen LogP contribution in [0.25, 0.3) is 0 Å². The number of hydrogen-bond donors (Lipinski definition) is 2. The molecule has 0 radical (unpaired) electrons. The highest BCUT2D eigenvalue weighted by Gasteiger charge is 2.04. The molecule has 4 heteroatoms. The molecular formula is C24H26N2O2. The molecule has 28 heavy (non-hydrogen) atoms. The van der Waals surface area contributed by atoms with E-state index in [4.69, 9.17) is 4.74 Å². The van der Waals surface area contributed by atoms with Crippen molar-refractivity contribution in [3.05, 3.63) is 89.5 Å². The number of hydrogen-bond acceptors (Lipinski definition) is 3. The Hall–Kier alpha value is -3.27. The van der Waals surface area contributed by atoms with Crippen LogP contribution in [-0.4, -0.2) is 19.1 Å². The quantitative estimate of drug-likeness (QED) is 0.585. The van der Waals surface area contributed by atoms with Gasteiger partial charge in [0, 0.05) is 23.9 Å². The Kier molecular flexibility index (Phi) is 6.68. The van der Waals surface area contributed by atoms with E-state index in [2.05, 4.69) is 28.8 Å². The summed E-state index contributed by atoms with van der Waals surface area (Å²) in [5, 5.41) is 6.08. The molecule has 0 fully saturated rings. The van der Waals surface area contributed by atoms with E-state index in [9.17, 15) is 4.79 Å². The maximum atomic E-state index is 12.3. The zero-order valence-corrected chi connectivity index (χ0v) is 16.4. The smallest absolute Gasteiger partial charge is 0.243 e. The van der Waals surface area contributed by atoms with Crippen molar-refractivity contribution in [1.29, 1.82) is 0 Å². The molecule has 0 heterocycles. The first kappa shape index (κ1) is 19.5. The van der Waals surface area contributed by atoms with E-state index >= 15 is 0 Å². The van der Waals surface area contributed by atoms with Gasteiger partial charge in [-0.25, -0.2) is 0 Å². The second kappa shape index (κ2) is 9.60. The van der Waals surface area contributed by atoms with Crippen molar-refractivity contribution >= 4 is 17.3 Å². The molecule has 3 aromatic rings. The topological polar surface area (TPSA) is 50.4 Å². The van der Waals surface area contributed by atoms with Gasteiger partial charge in [-0.15, -0.1) is 0 Å². The number of nitrogens with one attached hydrogen (secondary N) is 2. The molecule has 0 aliphatic rings. The highest BCUT2D eigenvalue weighted by Crippen LogP contribution is 2.18. The molecule has 1 amide bonds. The lowest BCUT2D eigenvalue weighted by Crippen LogP contribution is -2.21. The van der Waals surface area contributed by atoms with Crippen LogP contribution in [-0.2, 0) is 11.2 Å². The van der Waals surface area contributed by atoms with E-state index in [0.29, 0.717) is 6.61 Å². The number of ether oxygens (including phenoxy) is 1. The highest BCUT2D eigenvalue weighted by molar-refractivity contribution is 5.93. The van der Waals surface area contributed by atoms with Crippen LogP contribution in [0.1, 0.15) is 16.7 Å². The zero-order chi connectivity index (χ0) is 19.8. The first-order valence-corrected chi connectivity index (χ1v) is 9.47. The fourth-order valence-electron chi connectivity index (χ4n) is 3.06. The average molecular weight is 374 g/mol. The van der Waals surface area contributed by atoms with Gasteiger partial charge in [-0.2, -0.15) is 0 Å². The molecule has 0 bridgehead atoms. The van der Waals surface area contributed by atoms with Gasteiger partial charge in [0.05, 0.1) is 13.2 Å². The van der Waals surface area contributed by atoms with Crippen molar-refractivity contribution < 1.29 is 9.53 Å². The Morgan fingerprint density at radius 2 is 1.61 bits per heavy atom. The second-order valence-electron chi connectivity index (χ2n) is 6.89. The summed E-state index contributed by atoms with van der Waals surface area (Å²) in [5.74, 6) is 0.650. The van der Waals surface area contributed by atoms with Crippen LogP contribution in [0.3, 0.4) is 0 Å². The number of carbonyl (C=O) groups excluding carboxylic acids is 1. The molecule has 0 atom stereocenters. The maximum absolute atomic E-state index is 12.3. The van der Waals surface area contributed by atoms with Crippen LogP contribution < -0.4 is 15.4 Å². The highest BCUT2D eigenvalue weighted by atomic mass is 16.5. The lowest BCUT2D eigenvalue weighted by Gasteiger charge is -2.11. The monoisotopic (exact) mass is 374 g/mol. The minimum absolute atomic E-state index is 0.0967. The van der Waals surface area contributed by atoms with Crippen LogP contribution in [0.2, 0.25) is 0 Å². The number of carbonyl (C=O) groups is 1. The first-order chi connectivity index (χ1) is 13.6. The van der Waals surface area contributed by atoms with E-state index in [1.54, 1.807) is 0 Å². The van der Waals surface area contributed by atoms with Crippen molar-refractivity contribution in [1.82, 2.24) is 0 Å². The number of anilines is 2. The summed E-state index contributed by atoms with van der Waals surface area (Å²) >= 11 is 0. The number of benzene rings is 3. The Bertz CT molecular complexity index is 903. The molecule has 0 aliphatic carbocycles. The van der Waals surface area contributed by atoms with Crippen LogP contribution in [0.15, 0.2) is 72.8 Å². The molecule has 0 aromatic heterocycles. The zero-order valence-electron chi connectivity index (χ0n) is 16.4. The molecule has 0 saturated carbocycles. The maximum Gasteiger partial charge on any atom is 0.243 e. The Morgan fingerprint density at radius 3 is 2.36 bits per heavy atom. The standard InChI is InChI=1S/C24H26N2O2/c1-18-13-19(2)15-22(14-18)25-17-24(27)26-21-9-6-10-23(16-21)28-12-11-20-7-4-3-5-8-20/h3-10,13-16,25H,11-12,17H2,1-2H3,(H,26,27). The van der Waals surface area contributed by atoms with E-state index in [1.807, 2.05) is 68.4 Å². The number of aryl methyl sites for hydroxylation is 2. The minimum atomic E-state index is -0.0967. The Balaban J connectivity index is 1.48. The molecule has 0 aliphatic heterocycles. The average Bonchev–Trinajstić information content (AvgIpc) is 2.67. The summed E-state index contributed by atoms with van der Waals surface area (Å²) in [7, 11) is 0. The third-order valence-electron chi connectivity index (χ3n) is 4.29. The molecule has 4 nitrogen and oxygen atoms in total. The Labute approximate surface area is 166 Å². The van der Waals surface area contributed by atoms with Gasteiger partial charge >= 0.3 is 0 Å². The molecule has 3 rings (SSSR count). The van der Waals surface area contributed by atoms with E-state index in [-0.39, 0.29) is 12.5 Å². The lowest BCUT2D eigenvalue weighted by atomic mass is 10.1. The van der Waals surface area contributed by atoms with Gasteiger partial charge in [0.15, 0.2) is 0 Å². The SMILES string of the molecule is Cc1cc(C)cc(NCC(=O)Nc2cccc(OCCc3ccccc3)c2)c1. The van der Waals surface area contributed by atoms with E-state index < -0.39 is 0 Å². The largest absolute Gasteiger partial charge is 0.493 e. The lowest BCUT2D eigenvalue weighted by molar-refractivity contribution is -0.114. The minimum Gasteiger partial charge on any atom is -0.493 e. The van der Waals surface area contributed by atoms with Crippen molar-refractivity contribution in [3.8, 4) is 5.75 Å². The molecule has 0 unspecified atom stereocenters. The van der Waals surface area contributed by atoms with Gasteiger partial charge < -0.3 is 15.4 Å². The van der Waals surface area contributed by atoms with Crippen molar-refractivity contribution in [2.75, 3.05) is 23.8 Å². The van der Waals surface area contributed by atoms with Gasteiger partial charge in [-0.1, -0.05) is 42.5 Å². The predicted octanol–water partition coefficient (Wildman–Crippen LogP) is 4.98. The number of amides is 1. The first-order valence-electron chi connectivity index (χ1n) is 9.47. The van der Waals surface area contributed by atoms with Crippen LogP contribution in [0.4, 0.5) is 11.4 Å². The second-order valence-corrected chi connectivity index (χ2v) is 6.89. The Morgan fingerprint density at radius 1 is 0.857 bits per heavy atom. The summed E-state index contributed by atoms with van der Waals surface area (Å²) in [4.78, 5) is 12.3. The van der Waals surface area contributed by atoms with E-state index in [1.165, 1.54) is 16.7 Å². The van der Waals surface area contributed by atoms with Crippen molar-refractivity contribution in [2.24, 2.45) is 0 Å². The van der Waals surface area contributed by atoms with Crippen LogP contribution >= 0.6 is 0 Å². The fraction of sp³-hybridized carbons (Fsp3) is 0.208. The summed E-state index contributed by atoms with van der Waals surface area (Å²) in [6.07, 6.45) is 0.844. The molecule has 144 valence electrons. The summed E-state index contributed by atoms with van der Waals surface area (Å²) < 4.78 is 5.82. The van der Waals surface area contributed by atoms with E-state index in [0.717, 1.165) is 23.5 Å². The van der Waals surface area contributed by atoms with Gasteiger partial charge in [0.2, 0.25) is 5.91 Å². The summed E-state index contributed by atoms with van der Waals surface area (Å²) in [5.41, 5.74) is 5.26. The van der Waals surface area contributed by atoms with Crippen molar-refractivity contribution in [2.45, 2.75) is 20.3 Å². The molecule has 0 saturated heterocycles. The van der Waals surface area contributed by atoms with Gasteiger partial charge in [0.1, 0.15) is 5.75 Å². The van der Waals surface area contributed by atoms with Crippen molar-refractivity contribution in [3.63, 3.8) is 0 Å². The van der Waals surface area contributed by atoms with Gasteiger partial charge in [0.25, 0.3) is 0 Å². The van der Waals surface area contributed by atoms with Crippen LogP contribution in [0, 0.1) is 13.8 Å². The molecule has 2 N–H and O–H groups in total. The molecule has 0 spiro atoms. The predicted molar refractivity (Wildman–Crippen MR) is 115 cm³/mol. The molecular weight excluding hydrogens is 348 g/mol. The van der Waals surface area contributed by atoms with Gasteiger partial charge in [-0.05, 0) is 54.8 Å².